The van der Waals surface area contributed by atoms with Gasteiger partial charge in [-0.3, -0.25) is 4.18 Å². The van der Waals surface area contributed by atoms with Gasteiger partial charge in [-0.2, -0.15) is 0 Å². The third-order valence-electron chi connectivity index (χ3n) is 8.81. The molecule has 0 fully saturated rings. The van der Waals surface area contributed by atoms with Gasteiger partial charge in [0.1, 0.15) is 0 Å². The van der Waals surface area contributed by atoms with Crippen LogP contribution in [0.1, 0.15) is 201 Å². The second-order valence-corrected chi connectivity index (χ2v) is 15.1. The van der Waals surface area contributed by atoms with Crippen molar-refractivity contribution in [1.82, 2.24) is 0 Å². The molecule has 0 aliphatic heterocycles. The van der Waals surface area contributed by atoms with Crippen LogP contribution in [0.15, 0.2) is 24.3 Å². The molecule has 0 aliphatic carbocycles. The smallest absolute Gasteiger partial charge is 0.217 e. The van der Waals surface area contributed by atoms with Gasteiger partial charge >= 0.3 is 0 Å². The van der Waals surface area contributed by atoms with Crippen LogP contribution in [0.25, 0.3) is 0 Å². The lowest BCUT2D eigenvalue weighted by atomic mass is 10.1. The lowest BCUT2D eigenvalue weighted by molar-refractivity contribution is -0.890. The molecule has 0 radical (unpaired) electrons. The van der Waals surface area contributed by atoms with Gasteiger partial charge in [0.05, 0.1) is 33.8 Å². The Bertz CT molecular complexity index is 704. The van der Waals surface area contributed by atoms with E-state index in [1.807, 2.05) is 0 Å². The first kappa shape index (κ1) is 47.4. The van der Waals surface area contributed by atoms with E-state index in [0.717, 1.165) is 0 Å². The zero-order valence-corrected chi connectivity index (χ0v) is 32.5. The van der Waals surface area contributed by atoms with Gasteiger partial charge in [0, 0.05) is 0 Å². The van der Waals surface area contributed by atoms with Crippen LogP contribution in [0, 0.1) is 0 Å². The van der Waals surface area contributed by atoms with Gasteiger partial charge in [-0.1, -0.05) is 141 Å². The fraction of sp³-hybridized carbons (Fsp3) is 0.900. The summed E-state index contributed by atoms with van der Waals surface area (Å²) < 4.78 is 33.2. The van der Waals surface area contributed by atoms with Crippen LogP contribution in [0.4, 0.5) is 0 Å². The third-order valence-corrected chi connectivity index (χ3v) is 9.34. The van der Waals surface area contributed by atoms with Crippen LogP contribution in [0.5, 0.6) is 0 Å². The Kier molecular flexibility index (Phi) is 38.3. The summed E-state index contributed by atoms with van der Waals surface area (Å²) >= 11 is 0. The first-order chi connectivity index (χ1) is 22.2. The third kappa shape index (κ3) is 45.4. The van der Waals surface area contributed by atoms with Crippen molar-refractivity contribution in [3.63, 3.8) is 0 Å². The highest BCUT2D eigenvalue weighted by Gasteiger charge is 2.13. The highest BCUT2D eigenvalue weighted by atomic mass is 32.3. The Morgan fingerprint density at radius 1 is 0.457 bits per heavy atom. The van der Waals surface area contributed by atoms with Crippen LogP contribution < -0.4 is 0 Å². The maximum absolute atomic E-state index is 9.45. The van der Waals surface area contributed by atoms with E-state index in [2.05, 4.69) is 56.4 Å². The molecular formula is C40H81NO4S. The summed E-state index contributed by atoms with van der Waals surface area (Å²) in [5.74, 6) is 0. The molecule has 0 atom stereocenters. The average Bonchev–Trinajstić information content (AvgIpc) is 3.00. The Labute approximate surface area is 290 Å². The molecule has 0 N–H and O–H groups in total. The number of nitrogens with zero attached hydrogens (tertiary/aromatic N) is 1. The predicted octanol–water partition coefficient (Wildman–Crippen LogP) is 12.6. The average molecular weight is 672 g/mol. The minimum Gasteiger partial charge on any atom is -0.726 e. The second-order valence-electron chi connectivity index (χ2n) is 14.1. The molecule has 276 valence electrons. The van der Waals surface area contributed by atoms with Crippen LogP contribution in [-0.4, -0.2) is 51.2 Å². The molecule has 0 aromatic carbocycles. The molecule has 0 unspecified atom stereocenters. The highest BCUT2D eigenvalue weighted by Crippen LogP contribution is 2.14. The maximum atomic E-state index is 9.45. The van der Waals surface area contributed by atoms with E-state index in [9.17, 15) is 13.0 Å². The van der Waals surface area contributed by atoms with Crippen molar-refractivity contribution in [2.45, 2.75) is 201 Å². The monoisotopic (exact) mass is 672 g/mol. The Hall–Kier alpha value is -0.690. The summed E-state index contributed by atoms with van der Waals surface area (Å²) in [6.45, 7) is 8.66. The molecule has 0 saturated carbocycles. The molecule has 0 aromatic rings. The molecule has 0 aromatic heterocycles. The van der Waals surface area contributed by atoms with E-state index >= 15 is 0 Å². The SMILES string of the molecule is CCCCCCCC/C=C\CCCCCCCC[N+](C)(C)CCCCCCCC/C=C\CCCCCCCC.CCOS(=O)(=O)[O-]. The van der Waals surface area contributed by atoms with Gasteiger partial charge in [-0.25, -0.2) is 8.42 Å². The summed E-state index contributed by atoms with van der Waals surface area (Å²) in [6.07, 6.45) is 49.0. The standard InChI is InChI=1S/C38H76N.C2H6O4S/c1-5-7-9-11-13-15-17-19-21-23-25-27-29-31-33-35-37-39(3,4)38-36-34-32-30-28-26-24-22-20-18-16-14-12-10-8-6-2;1-2-6-7(3,4)5/h19-22H,5-18,23-38H2,1-4H3;2H2,1H3,(H,3,4,5)/q+1;/p-1/b21-19-,22-20-;. The Morgan fingerprint density at radius 2 is 0.717 bits per heavy atom. The lowest BCUT2D eigenvalue weighted by Gasteiger charge is -2.30. The molecule has 0 saturated heterocycles. The van der Waals surface area contributed by atoms with Crippen molar-refractivity contribution in [2.75, 3.05) is 33.8 Å². The number of rotatable bonds is 34. The maximum Gasteiger partial charge on any atom is 0.217 e. The van der Waals surface area contributed by atoms with Crippen molar-refractivity contribution in [3.8, 4) is 0 Å². The summed E-state index contributed by atoms with van der Waals surface area (Å²) in [5.41, 5.74) is 0. The fourth-order valence-electron chi connectivity index (χ4n) is 5.83. The van der Waals surface area contributed by atoms with Gasteiger partial charge in [0.25, 0.3) is 0 Å². The molecule has 0 spiro atoms. The van der Waals surface area contributed by atoms with Crippen molar-refractivity contribution in [1.29, 1.82) is 0 Å². The molecule has 46 heavy (non-hydrogen) atoms. The minimum absolute atomic E-state index is 0.0914. The minimum atomic E-state index is -4.42. The van der Waals surface area contributed by atoms with Crippen LogP contribution >= 0.6 is 0 Å². The fourth-order valence-corrected chi connectivity index (χ4v) is 6.12. The van der Waals surface area contributed by atoms with Gasteiger partial charge in [0.2, 0.25) is 10.4 Å². The quantitative estimate of drug-likeness (QED) is 0.0224. The van der Waals surface area contributed by atoms with Crippen LogP contribution in [0.2, 0.25) is 0 Å². The number of unbranched alkanes of at least 4 members (excludes halogenated alkanes) is 24. The summed E-state index contributed by atoms with van der Waals surface area (Å²) in [5, 5.41) is 0. The van der Waals surface area contributed by atoms with E-state index in [1.54, 1.807) is 0 Å². The molecule has 0 amide bonds. The number of allylic oxidation sites excluding steroid dienone is 4. The van der Waals surface area contributed by atoms with Crippen molar-refractivity contribution in [2.24, 2.45) is 0 Å². The molecule has 0 bridgehead atoms. The highest BCUT2D eigenvalue weighted by molar-refractivity contribution is 7.80. The van der Waals surface area contributed by atoms with Crippen LogP contribution in [-0.2, 0) is 14.6 Å². The summed E-state index contributed by atoms with van der Waals surface area (Å²) in [4.78, 5) is 0. The second kappa shape index (κ2) is 37.1. The van der Waals surface area contributed by atoms with Gasteiger partial charge < -0.3 is 9.04 Å². The number of hydrogen-bond donors (Lipinski definition) is 0. The van der Waals surface area contributed by atoms with Crippen molar-refractivity contribution in [3.05, 3.63) is 24.3 Å². The number of hydrogen-bond acceptors (Lipinski definition) is 4. The molecule has 0 heterocycles. The van der Waals surface area contributed by atoms with E-state index < -0.39 is 10.4 Å². The van der Waals surface area contributed by atoms with E-state index in [4.69, 9.17) is 0 Å². The summed E-state index contributed by atoms with van der Waals surface area (Å²) in [6, 6.07) is 0. The zero-order chi connectivity index (χ0) is 34.5. The number of quaternary nitrogens is 1. The topological polar surface area (TPSA) is 66.4 Å². The predicted molar refractivity (Wildman–Crippen MR) is 202 cm³/mol. The molecular weight excluding hydrogens is 591 g/mol. The zero-order valence-electron chi connectivity index (χ0n) is 31.7. The molecule has 0 rings (SSSR count). The first-order valence-electron chi connectivity index (χ1n) is 19.9. The van der Waals surface area contributed by atoms with E-state index in [1.165, 1.54) is 204 Å². The van der Waals surface area contributed by atoms with Crippen molar-refractivity contribution < 1.29 is 21.6 Å². The van der Waals surface area contributed by atoms with Crippen molar-refractivity contribution >= 4 is 10.4 Å². The van der Waals surface area contributed by atoms with Crippen LogP contribution in [0.3, 0.4) is 0 Å². The first-order valence-corrected chi connectivity index (χ1v) is 21.2. The largest absolute Gasteiger partial charge is 0.726 e. The van der Waals surface area contributed by atoms with E-state index in [0.29, 0.717) is 0 Å². The summed E-state index contributed by atoms with van der Waals surface area (Å²) in [7, 11) is 0.483. The Morgan fingerprint density at radius 3 is 0.957 bits per heavy atom. The molecule has 5 nitrogen and oxygen atoms in total. The van der Waals surface area contributed by atoms with Gasteiger partial charge in [0.15, 0.2) is 0 Å². The van der Waals surface area contributed by atoms with Gasteiger partial charge in [-0.05, 0) is 84.0 Å². The Balaban J connectivity index is 0. The molecule has 0 aliphatic rings. The normalized spacial score (nSPS) is 12.3. The lowest BCUT2D eigenvalue weighted by Crippen LogP contribution is -2.41. The van der Waals surface area contributed by atoms with E-state index in [-0.39, 0.29) is 6.61 Å². The van der Waals surface area contributed by atoms with Gasteiger partial charge in [-0.15, -0.1) is 0 Å². The molecule has 6 heteroatoms.